The molecule has 106 valence electrons. The van der Waals surface area contributed by atoms with Crippen molar-refractivity contribution in [3.05, 3.63) is 54.9 Å². The Morgan fingerprint density at radius 1 is 0.952 bits per heavy atom. The van der Waals surface area contributed by atoms with E-state index in [0.717, 1.165) is 22.8 Å². The van der Waals surface area contributed by atoms with Crippen LogP contribution in [-0.2, 0) is 0 Å². The van der Waals surface area contributed by atoms with E-state index in [4.69, 9.17) is 9.47 Å². The number of aromatic nitrogens is 3. The Kier molecular flexibility index (Phi) is 3.55. The smallest absolute Gasteiger partial charge is 0.172 e. The second-order valence-electron chi connectivity index (χ2n) is 4.43. The van der Waals surface area contributed by atoms with Crippen LogP contribution < -0.4 is 9.47 Å². The summed E-state index contributed by atoms with van der Waals surface area (Å²) in [5.41, 5.74) is 1.86. The molecule has 21 heavy (non-hydrogen) atoms. The Hall–Kier alpha value is -2.82. The molecule has 0 atom stereocenters. The molecule has 0 aliphatic carbocycles. The lowest BCUT2D eigenvalue weighted by atomic mass is 10.1. The summed E-state index contributed by atoms with van der Waals surface area (Å²) in [6.45, 7) is 0. The number of rotatable bonds is 4. The molecule has 0 bridgehead atoms. The summed E-state index contributed by atoms with van der Waals surface area (Å²) in [7, 11) is 3.25. The Morgan fingerprint density at radius 2 is 1.76 bits per heavy atom. The molecule has 0 saturated heterocycles. The van der Waals surface area contributed by atoms with Crippen molar-refractivity contribution in [2.45, 2.75) is 0 Å². The summed E-state index contributed by atoms with van der Waals surface area (Å²) >= 11 is 0. The van der Waals surface area contributed by atoms with Crippen molar-refractivity contribution in [2.75, 3.05) is 14.2 Å². The summed E-state index contributed by atoms with van der Waals surface area (Å²) < 4.78 is 12.6. The van der Waals surface area contributed by atoms with Gasteiger partial charge < -0.3 is 9.47 Å². The predicted molar refractivity (Wildman–Crippen MR) is 79.9 cm³/mol. The largest absolute Gasteiger partial charge is 0.497 e. The molecule has 0 unspecified atom stereocenters. The molecular formula is C16H15N3O2. The number of nitrogens with zero attached hydrogens (tertiary/aromatic N) is 3. The first kappa shape index (κ1) is 13.2. The number of benzene rings is 2. The van der Waals surface area contributed by atoms with E-state index in [1.807, 2.05) is 53.1 Å². The first-order valence-electron chi connectivity index (χ1n) is 6.51. The number of ether oxygens (including phenoxy) is 2. The summed E-state index contributed by atoms with van der Waals surface area (Å²) in [4.78, 5) is 0. The maximum atomic E-state index is 5.44. The molecule has 3 rings (SSSR count). The Bertz CT molecular complexity index is 738. The van der Waals surface area contributed by atoms with Gasteiger partial charge in [0.1, 0.15) is 17.8 Å². The predicted octanol–water partition coefficient (Wildman–Crippen LogP) is 2.95. The molecule has 2 aromatic carbocycles. The maximum Gasteiger partial charge on any atom is 0.172 e. The molecule has 0 saturated carbocycles. The second-order valence-corrected chi connectivity index (χ2v) is 4.43. The lowest BCUT2D eigenvalue weighted by Gasteiger charge is -2.11. The van der Waals surface area contributed by atoms with Gasteiger partial charge in [0.2, 0.25) is 0 Å². The molecule has 0 aliphatic rings. The van der Waals surface area contributed by atoms with Gasteiger partial charge in [-0.05, 0) is 24.3 Å². The van der Waals surface area contributed by atoms with Crippen LogP contribution in [0.3, 0.4) is 0 Å². The van der Waals surface area contributed by atoms with E-state index < -0.39 is 0 Å². The standard InChI is InChI=1S/C16H15N3O2/c1-20-13-8-9-14(15(10-13)21-2)16-18-17-11-19(16)12-6-4-3-5-7-12/h3-11H,1-2H3. The maximum absolute atomic E-state index is 5.44. The minimum atomic E-state index is 0.694. The molecule has 1 heterocycles. The van der Waals surface area contributed by atoms with Crippen molar-refractivity contribution in [2.24, 2.45) is 0 Å². The molecule has 0 aliphatic heterocycles. The summed E-state index contributed by atoms with van der Waals surface area (Å²) in [5.74, 6) is 2.15. The second kappa shape index (κ2) is 5.66. The molecule has 0 N–H and O–H groups in total. The van der Waals surface area contributed by atoms with E-state index in [-0.39, 0.29) is 0 Å². The van der Waals surface area contributed by atoms with Crippen molar-refractivity contribution in [1.82, 2.24) is 14.8 Å². The minimum Gasteiger partial charge on any atom is -0.497 e. The highest BCUT2D eigenvalue weighted by Gasteiger charge is 2.14. The van der Waals surface area contributed by atoms with Gasteiger partial charge in [0.25, 0.3) is 0 Å². The van der Waals surface area contributed by atoms with Crippen molar-refractivity contribution in [1.29, 1.82) is 0 Å². The van der Waals surface area contributed by atoms with Crippen LogP contribution in [0.4, 0.5) is 0 Å². The van der Waals surface area contributed by atoms with Gasteiger partial charge in [-0.15, -0.1) is 10.2 Å². The van der Waals surface area contributed by atoms with E-state index in [0.29, 0.717) is 5.75 Å². The topological polar surface area (TPSA) is 49.2 Å². The van der Waals surface area contributed by atoms with E-state index in [2.05, 4.69) is 10.2 Å². The van der Waals surface area contributed by atoms with Crippen LogP contribution in [0.5, 0.6) is 11.5 Å². The Morgan fingerprint density at radius 3 is 2.48 bits per heavy atom. The average molecular weight is 281 g/mol. The quantitative estimate of drug-likeness (QED) is 0.737. The van der Waals surface area contributed by atoms with Crippen LogP contribution in [0.25, 0.3) is 17.1 Å². The van der Waals surface area contributed by atoms with Gasteiger partial charge in [0.15, 0.2) is 5.82 Å². The van der Waals surface area contributed by atoms with Gasteiger partial charge in [0.05, 0.1) is 19.8 Å². The number of hydrogen-bond acceptors (Lipinski definition) is 4. The van der Waals surface area contributed by atoms with Crippen LogP contribution in [0.2, 0.25) is 0 Å². The molecule has 1 aromatic heterocycles. The van der Waals surface area contributed by atoms with E-state index in [1.54, 1.807) is 20.5 Å². The molecule has 0 amide bonds. The lowest BCUT2D eigenvalue weighted by Crippen LogP contribution is -1.98. The first-order valence-corrected chi connectivity index (χ1v) is 6.51. The first-order chi connectivity index (χ1) is 10.3. The highest BCUT2D eigenvalue weighted by atomic mass is 16.5. The van der Waals surface area contributed by atoms with Crippen molar-refractivity contribution in [3.63, 3.8) is 0 Å². The van der Waals surface area contributed by atoms with Gasteiger partial charge in [-0.2, -0.15) is 0 Å². The number of para-hydroxylation sites is 1. The third-order valence-corrected chi connectivity index (χ3v) is 3.23. The fourth-order valence-corrected chi connectivity index (χ4v) is 2.18. The zero-order chi connectivity index (χ0) is 14.7. The number of methoxy groups -OCH3 is 2. The molecule has 5 heteroatoms. The number of hydrogen-bond donors (Lipinski definition) is 0. The van der Waals surface area contributed by atoms with Crippen LogP contribution in [0.1, 0.15) is 0 Å². The third kappa shape index (κ3) is 2.45. The average Bonchev–Trinajstić information content (AvgIpc) is 3.04. The summed E-state index contributed by atoms with van der Waals surface area (Å²) in [5, 5.41) is 8.24. The molecule has 0 radical (unpaired) electrons. The summed E-state index contributed by atoms with van der Waals surface area (Å²) in [6.07, 6.45) is 1.69. The monoisotopic (exact) mass is 281 g/mol. The van der Waals surface area contributed by atoms with Crippen LogP contribution in [-0.4, -0.2) is 29.0 Å². The van der Waals surface area contributed by atoms with Gasteiger partial charge in [-0.1, -0.05) is 18.2 Å². The van der Waals surface area contributed by atoms with E-state index in [1.165, 1.54) is 0 Å². The molecule has 5 nitrogen and oxygen atoms in total. The van der Waals surface area contributed by atoms with E-state index >= 15 is 0 Å². The molecule has 0 spiro atoms. The highest BCUT2D eigenvalue weighted by Crippen LogP contribution is 2.32. The fourth-order valence-electron chi connectivity index (χ4n) is 2.18. The molecular weight excluding hydrogens is 266 g/mol. The third-order valence-electron chi connectivity index (χ3n) is 3.23. The lowest BCUT2D eigenvalue weighted by molar-refractivity contribution is 0.395. The van der Waals surface area contributed by atoms with Gasteiger partial charge in [-0.3, -0.25) is 4.57 Å². The minimum absolute atomic E-state index is 0.694. The van der Waals surface area contributed by atoms with Crippen molar-refractivity contribution < 1.29 is 9.47 Å². The molecule has 0 fully saturated rings. The van der Waals surface area contributed by atoms with Gasteiger partial charge in [0, 0.05) is 11.8 Å². The van der Waals surface area contributed by atoms with Crippen LogP contribution in [0.15, 0.2) is 54.9 Å². The van der Waals surface area contributed by atoms with Gasteiger partial charge >= 0.3 is 0 Å². The van der Waals surface area contributed by atoms with Crippen molar-refractivity contribution >= 4 is 0 Å². The normalized spacial score (nSPS) is 10.4. The zero-order valence-electron chi connectivity index (χ0n) is 11.9. The van der Waals surface area contributed by atoms with Crippen LogP contribution in [0, 0.1) is 0 Å². The fraction of sp³-hybridized carbons (Fsp3) is 0.125. The Labute approximate surface area is 122 Å². The van der Waals surface area contributed by atoms with Gasteiger partial charge in [-0.25, -0.2) is 0 Å². The zero-order valence-corrected chi connectivity index (χ0v) is 11.9. The van der Waals surface area contributed by atoms with Crippen LogP contribution >= 0.6 is 0 Å². The summed E-state index contributed by atoms with van der Waals surface area (Å²) in [6, 6.07) is 15.6. The highest BCUT2D eigenvalue weighted by molar-refractivity contribution is 5.67. The SMILES string of the molecule is COc1ccc(-c2nncn2-c2ccccc2)c(OC)c1. The molecule has 3 aromatic rings. The van der Waals surface area contributed by atoms with Crippen molar-refractivity contribution in [3.8, 4) is 28.6 Å². The Balaban J connectivity index is 2.12. The van der Waals surface area contributed by atoms with E-state index in [9.17, 15) is 0 Å².